The average molecular weight is 364 g/mol. The lowest BCUT2D eigenvalue weighted by Crippen LogP contribution is -2.42. The maximum atomic E-state index is 13.3. The third-order valence-corrected chi connectivity index (χ3v) is 6.57. The molecule has 0 atom stereocenters. The molecule has 0 bridgehead atoms. The van der Waals surface area contributed by atoms with Gasteiger partial charge in [0.2, 0.25) is 10.0 Å². The van der Waals surface area contributed by atoms with Crippen molar-refractivity contribution in [3.05, 3.63) is 24.3 Å². The normalized spacial score (nSPS) is 16.4. The molecule has 1 saturated carbocycles. The smallest absolute Gasteiger partial charge is 0.243 e. The van der Waals surface area contributed by atoms with Crippen molar-refractivity contribution >= 4 is 10.0 Å². The molecule has 0 radical (unpaired) electrons. The minimum Gasteiger partial charge on any atom is -0.330 e. The fraction of sp³-hybridized carbons (Fsp3) is 0.562. The molecule has 0 amide bonds. The lowest BCUT2D eigenvalue weighted by molar-refractivity contribution is 0.252. The second-order valence-corrected chi connectivity index (χ2v) is 8.22. The van der Waals surface area contributed by atoms with Crippen LogP contribution < -0.4 is 5.73 Å². The third kappa shape index (κ3) is 4.05. The number of nitrogens with one attached hydrogen (secondary N) is 1. The van der Waals surface area contributed by atoms with Crippen LogP contribution >= 0.6 is 0 Å². The van der Waals surface area contributed by atoms with Gasteiger partial charge in [0.25, 0.3) is 0 Å². The van der Waals surface area contributed by atoms with Crippen LogP contribution in [0, 0.1) is 0 Å². The summed E-state index contributed by atoms with van der Waals surface area (Å²) in [7, 11) is -3.59. The van der Waals surface area contributed by atoms with Crippen molar-refractivity contribution in [2.45, 2.75) is 49.5 Å². The molecule has 0 saturated heterocycles. The average Bonchev–Trinajstić information content (AvgIpc) is 3.18. The summed E-state index contributed by atoms with van der Waals surface area (Å²) in [5.74, 6) is 0.447. The van der Waals surface area contributed by atoms with Crippen molar-refractivity contribution in [1.29, 1.82) is 0 Å². The zero-order valence-corrected chi connectivity index (χ0v) is 15.0. The maximum Gasteiger partial charge on any atom is 0.243 e. The summed E-state index contributed by atoms with van der Waals surface area (Å²) < 4.78 is 28.2. The molecule has 0 aliphatic heterocycles. The predicted molar refractivity (Wildman–Crippen MR) is 94.0 cm³/mol. The summed E-state index contributed by atoms with van der Waals surface area (Å²) in [6, 6.07) is 6.80. The molecule has 25 heavy (non-hydrogen) atoms. The lowest BCUT2D eigenvalue weighted by Gasteiger charge is -2.33. The molecule has 3 rings (SSSR count). The second-order valence-electron chi connectivity index (χ2n) is 6.33. The summed E-state index contributed by atoms with van der Waals surface area (Å²) in [6.45, 7) is 0.931. The summed E-state index contributed by atoms with van der Waals surface area (Å²) in [5, 5.41) is 13.6. The van der Waals surface area contributed by atoms with Gasteiger partial charge in [-0.25, -0.2) is 13.5 Å². The third-order valence-electron chi connectivity index (χ3n) is 4.62. The summed E-state index contributed by atoms with van der Waals surface area (Å²) >= 11 is 0. The molecule has 0 unspecified atom stereocenters. The second kappa shape index (κ2) is 8.03. The van der Waals surface area contributed by atoms with E-state index in [9.17, 15) is 8.42 Å². The molecule has 3 N–H and O–H groups in total. The molecule has 2 aromatic rings. The van der Waals surface area contributed by atoms with E-state index in [1.807, 2.05) is 0 Å². The van der Waals surface area contributed by atoms with Gasteiger partial charge in [-0.05, 0) is 48.4 Å². The van der Waals surface area contributed by atoms with Gasteiger partial charge in [-0.1, -0.05) is 31.4 Å². The first-order valence-electron chi connectivity index (χ1n) is 8.69. The Kier molecular flexibility index (Phi) is 5.77. The number of aromatic nitrogens is 4. The van der Waals surface area contributed by atoms with E-state index >= 15 is 0 Å². The van der Waals surface area contributed by atoms with E-state index in [2.05, 4.69) is 20.6 Å². The van der Waals surface area contributed by atoms with Gasteiger partial charge in [-0.2, -0.15) is 4.31 Å². The Labute approximate surface area is 147 Å². The van der Waals surface area contributed by atoms with Crippen LogP contribution in [0.3, 0.4) is 0 Å². The van der Waals surface area contributed by atoms with Crippen LogP contribution in [0.5, 0.6) is 0 Å². The molecule has 8 nitrogen and oxygen atoms in total. The Morgan fingerprint density at radius 2 is 2.04 bits per heavy atom. The van der Waals surface area contributed by atoms with Crippen molar-refractivity contribution in [3.8, 4) is 11.4 Å². The van der Waals surface area contributed by atoms with Crippen LogP contribution in [0.1, 0.15) is 38.5 Å². The molecule has 1 aromatic carbocycles. The fourth-order valence-electron chi connectivity index (χ4n) is 3.34. The van der Waals surface area contributed by atoms with Gasteiger partial charge in [0, 0.05) is 18.2 Å². The molecule has 136 valence electrons. The van der Waals surface area contributed by atoms with Crippen LogP contribution in [0.25, 0.3) is 11.4 Å². The van der Waals surface area contributed by atoms with Crippen LogP contribution in [0.2, 0.25) is 0 Å². The van der Waals surface area contributed by atoms with Gasteiger partial charge >= 0.3 is 0 Å². The number of nitrogens with zero attached hydrogens (tertiary/aromatic N) is 4. The Bertz CT molecular complexity index is 772. The molecule has 1 aliphatic carbocycles. The first-order valence-corrected chi connectivity index (χ1v) is 10.1. The van der Waals surface area contributed by atoms with Gasteiger partial charge < -0.3 is 5.73 Å². The highest BCUT2D eigenvalue weighted by molar-refractivity contribution is 7.89. The summed E-state index contributed by atoms with van der Waals surface area (Å²) in [5.41, 5.74) is 6.28. The minimum absolute atomic E-state index is 0.0564. The molecule has 9 heteroatoms. The predicted octanol–water partition coefficient (Wildman–Crippen LogP) is 1.54. The number of nitrogens with two attached hydrogens (primary N) is 1. The highest BCUT2D eigenvalue weighted by Gasteiger charge is 2.32. The standard InChI is InChI=1S/C16H24N6O2S/c17-10-5-11-22(14-7-2-1-3-8-14)25(23,24)15-9-4-6-13(12-15)16-18-20-21-19-16/h4,6,9,12,14H,1-3,5,7-8,10-11,17H2,(H,18,19,20,21). The number of benzene rings is 1. The zero-order valence-electron chi connectivity index (χ0n) is 14.1. The number of tetrazole rings is 1. The van der Waals surface area contributed by atoms with Crippen LogP contribution in [-0.2, 0) is 10.0 Å². The van der Waals surface area contributed by atoms with Gasteiger partial charge in [-0.15, -0.1) is 5.10 Å². The van der Waals surface area contributed by atoms with Crippen LogP contribution in [0.4, 0.5) is 0 Å². The van der Waals surface area contributed by atoms with Gasteiger partial charge in [0.05, 0.1) is 4.90 Å². The molecule has 1 aliphatic rings. The van der Waals surface area contributed by atoms with Crippen LogP contribution in [0.15, 0.2) is 29.2 Å². The molecule has 1 heterocycles. The van der Waals surface area contributed by atoms with E-state index in [-0.39, 0.29) is 10.9 Å². The quantitative estimate of drug-likeness (QED) is 0.769. The molecular formula is C16H24N6O2S. The van der Waals surface area contributed by atoms with Gasteiger partial charge in [0.1, 0.15) is 0 Å². The van der Waals surface area contributed by atoms with Gasteiger partial charge in [-0.3, -0.25) is 0 Å². The number of hydrogen-bond donors (Lipinski definition) is 2. The van der Waals surface area contributed by atoms with Crippen molar-refractivity contribution in [1.82, 2.24) is 24.9 Å². The van der Waals surface area contributed by atoms with Crippen LogP contribution in [-0.4, -0.2) is 52.5 Å². The summed E-state index contributed by atoms with van der Waals surface area (Å²) in [4.78, 5) is 0.268. The van der Waals surface area contributed by atoms with Crippen molar-refractivity contribution < 1.29 is 8.42 Å². The number of aromatic amines is 1. The van der Waals surface area contributed by atoms with E-state index in [1.165, 1.54) is 6.42 Å². The number of sulfonamides is 1. The monoisotopic (exact) mass is 364 g/mol. The Hall–Kier alpha value is -1.84. The largest absolute Gasteiger partial charge is 0.330 e. The number of hydrogen-bond acceptors (Lipinski definition) is 6. The van der Waals surface area contributed by atoms with Crippen molar-refractivity contribution in [2.24, 2.45) is 5.73 Å². The van der Waals surface area contributed by atoms with Gasteiger partial charge in [0.15, 0.2) is 5.82 Å². The Morgan fingerprint density at radius 1 is 1.24 bits per heavy atom. The lowest BCUT2D eigenvalue weighted by atomic mass is 9.95. The minimum atomic E-state index is -3.59. The SMILES string of the molecule is NCCCN(C1CCCCC1)S(=O)(=O)c1cccc(-c2nnn[nH]2)c1. The van der Waals surface area contributed by atoms with E-state index in [0.29, 0.717) is 30.9 Å². The topological polar surface area (TPSA) is 118 Å². The first kappa shape index (κ1) is 18.0. The zero-order chi connectivity index (χ0) is 17.7. The van der Waals surface area contributed by atoms with E-state index < -0.39 is 10.0 Å². The molecule has 0 spiro atoms. The Morgan fingerprint density at radius 3 is 2.72 bits per heavy atom. The van der Waals surface area contributed by atoms with E-state index in [0.717, 1.165) is 25.7 Å². The van der Waals surface area contributed by atoms with Crippen molar-refractivity contribution in [3.63, 3.8) is 0 Å². The summed E-state index contributed by atoms with van der Waals surface area (Å²) in [6.07, 6.45) is 5.80. The molecule has 1 fully saturated rings. The van der Waals surface area contributed by atoms with E-state index in [4.69, 9.17) is 5.73 Å². The molecule has 1 aromatic heterocycles. The Balaban J connectivity index is 1.92. The molecular weight excluding hydrogens is 340 g/mol. The number of rotatable bonds is 7. The van der Waals surface area contributed by atoms with Crippen molar-refractivity contribution in [2.75, 3.05) is 13.1 Å². The maximum absolute atomic E-state index is 13.3. The van der Waals surface area contributed by atoms with E-state index in [1.54, 1.807) is 28.6 Å². The fourth-order valence-corrected chi connectivity index (χ4v) is 5.11. The number of H-pyrrole nitrogens is 1. The highest BCUT2D eigenvalue weighted by Crippen LogP contribution is 2.29. The highest BCUT2D eigenvalue weighted by atomic mass is 32.2. The first-order chi connectivity index (χ1) is 12.1.